The molecule has 4 aromatic rings. The Labute approximate surface area is 218 Å². The molecule has 0 unspecified atom stereocenters. The van der Waals surface area contributed by atoms with Crippen molar-refractivity contribution >= 4 is 32.7 Å². The van der Waals surface area contributed by atoms with Gasteiger partial charge in [0.05, 0.1) is 5.69 Å². The summed E-state index contributed by atoms with van der Waals surface area (Å²) in [5.74, 6) is -1.11. The number of nitrogens with one attached hydrogen (secondary N) is 1. The van der Waals surface area contributed by atoms with Crippen LogP contribution in [0, 0.1) is 6.92 Å². The molecular weight excluding hydrogens is 519 g/mol. The third-order valence-electron chi connectivity index (χ3n) is 6.25. The van der Waals surface area contributed by atoms with Crippen molar-refractivity contribution in [2.75, 3.05) is 4.72 Å². The third-order valence-corrected chi connectivity index (χ3v) is 7.34. The first-order valence-corrected chi connectivity index (χ1v) is 13.4. The fourth-order valence-electron chi connectivity index (χ4n) is 4.28. The number of aromatic carboxylic acids is 1. The van der Waals surface area contributed by atoms with Gasteiger partial charge >= 0.3 is 21.5 Å². The molecule has 0 spiro atoms. The first-order chi connectivity index (χ1) is 17.9. The van der Waals surface area contributed by atoms with Crippen LogP contribution in [0.4, 0.5) is 18.9 Å². The van der Waals surface area contributed by atoms with Crippen molar-refractivity contribution in [3.8, 4) is 11.1 Å². The van der Waals surface area contributed by atoms with Gasteiger partial charge in [0, 0.05) is 23.2 Å². The molecule has 4 rings (SSSR count). The molecule has 2 aromatic carbocycles. The maximum absolute atomic E-state index is 12.9. The summed E-state index contributed by atoms with van der Waals surface area (Å²) in [7, 11) is -5.57. The number of para-hydroxylation sites is 1. The van der Waals surface area contributed by atoms with Crippen molar-refractivity contribution in [3.05, 3.63) is 83.2 Å². The van der Waals surface area contributed by atoms with E-state index in [-0.39, 0.29) is 11.4 Å². The Balaban J connectivity index is 1.70. The van der Waals surface area contributed by atoms with Crippen molar-refractivity contribution in [3.63, 3.8) is 0 Å². The van der Waals surface area contributed by atoms with Crippen LogP contribution in [0.5, 0.6) is 0 Å². The summed E-state index contributed by atoms with van der Waals surface area (Å²) in [6.45, 7) is 4.34. The normalized spacial score (nSPS) is 12.1. The van der Waals surface area contributed by atoms with Gasteiger partial charge in [-0.3, -0.25) is 4.72 Å². The van der Waals surface area contributed by atoms with E-state index in [1.54, 1.807) is 41.1 Å². The molecule has 11 heteroatoms. The molecule has 0 atom stereocenters. The molecule has 2 N–H and O–H groups in total. The van der Waals surface area contributed by atoms with Crippen LogP contribution in [0.1, 0.15) is 47.1 Å². The van der Waals surface area contributed by atoms with Crippen molar-refractivity contribution in [2.45, 2.75) is 45.2 Å². The highest BCUT2D eigenvalue weighted by atomic mass is 32.2. The molecule has 0 aliphatic rings. The van der Waals surface area contributed by atoms with E-state index in [0.717, 1.165) is 41.5 Å². The smallest absolute Gasteiger partial charge is 0.477 e. The van der Waals surface area contributed by atoms with Crippen LogP contribution < -0.4 is 4.72 Å². The van der Waals surface area contributed by atoms with Crippen molar-refractivity contribution in [1.29, 1.82) is 0 Å². The maximum atomic E-state index is 12.9. The summed E-state index contributed by atoms with van der Waals surface area (Å²) >= 11 is 0. The van der Waals surface area contributed by atoms with Crippen molar-refractivity contribution in [1.82, 2.24) is 9.55 Å². The number of alkyl halides is 3. The summed E-state index contributed by atoms with van der Waals surface area (Å²) in [5.41, 5.74) is -1.56. The largest absolute Gasteiger partial charge is 0.516 e. The predicted molar refractivity (Wildman–Crippen MR) is 140 cm³/mol. The molecule has 7 nitrogen and oxygen atoms in total. The molecule has 0 fully saturated rings. The van der Waals surface area contributed by atoms with Crippen LogP contribution in [0.15, 0.2) is 60.7 Å². The number of halogens is 3. The number of hydrogen-bond donors (Lipinski definition) is 2. The number of hydrogen-bond acceptors (Lipinski definition) is 4. The Bertz CT molecular complexity index is 1590. The summed E-state index contributed by atoms with van der Waals surface area (Å²) in [5, 5.41) is 10.4. The zero-order valence-electron chi connectivity index (χ0n) is 20.7. The fourth-order valence-corrected chi connectivity index (χ4v) is 4.86. The molecule has 200 valence electrons. The van der Waals surface area contributed by atoms with E-state index in [1.807, 2.05) is 17.6 Å². The van der Waals surface area contributed by atoms with Gasteiger partial charge in [-0.25, -0.2) is 9.78 Å². The van der Waals surface area contributed by atoms with E-state index < -0.39 is 21.5 Å². The van der Waals surface area contributed by atoms with Gasteiger partial charge in [-0.15, -0.1) is 0 Å². The van der Waals surface area contributed by atoms with E-state index >= 15 is 0 Å². The van der Waals surface area contributed by atoms with Gasteiger partial charge in [-0.05, 0) is 54.7 Å². The van der Waals surface area contributed by atoms with Crippen LogP contribution in [0.3, 0.4) is 0 Å². The quantitative estimate of drug-likeness (QED) is 0.255. The Kier molecular flexibility index (Phi) is 7.50. The number of fused-ring (bicyclic) bond motifs is 1. The van der Waals surface area contributed by atoms with E-state index in [4.69, 9.17) is 0 Å². The summed E-state index contributed by atoms with van der Waals surface area (Å²) in [6, 6.07) is 16.5. The van der Waals surface area contributed by atoms with Crippen LogP contribution in [0.2, 0.25) is 0 Å². The average Bonchev–Trinajstić information content (AvgIpc) is 3.20. The summed E-state index contributed by atoms with van der Waals surface area (Å²) in [6.07, 6.45) is 2.73. The molecule has 0 saturated carbocycles. The molecule has 0 bridgehead atoms. The number of carboxylic acid groups (broad SMARTS) is 1. The first kappa shape index (κ1) is 27.2. The Morgan fingerprint density at radius 1 is 1.08 bits per heavy atom. The third kappa shape index (κ3) is 5.52. The number of sulfonamides is 1. The molecule has 0 amide bonds. The lowest BCUT2D eigenvalue weighted by Crippen LogP contribution is -2.30. The lowest BCUT2D eigenvalue weighted by Gasteiger charge is -2.15. The monoisotopic (exact) mass is 545 g/mol. The first-order valence-electron chi connectivity index (χ1n) is 11.9. The van der Waals surface area contributed by atoms with Gasteiger partial charge in [0.2, 0.25) is 0 Å². The zero-order valence-corrected chi connectivity index (χ0v) is 21.5. The molecule has 0 aliphatic carbocycles. The SMILES string of the molecule is CCCCc1cc2c(C)cc(C(=O)O)nc2n1Cc1ccc(-c2ccccc2NS(=O)(=O)C(F)(F)F)cc1. The van der Waals surface area contributed by atoms with Gasteiger partial charge < -0.3 is 9.67 Å². The van der Waals surface area contributed by atoms with Gasteiger partial charge in [0.1, 0.15) is 5.65 Å². The van der Waals surface area contributed by atoms with E-state index in [2.05, 4.69) is 11.9 Å². The number of nitrogens with zero attached hydrogens (tertiary/aromatic N) is 2. The van der Waals surface area contributed by atoms with Gasteiger partial charge in [-0.1, -0.05) is 55.8 Å². The minimum Gasteiger partial charge on any atom is -0.477 e. The molecule has 0 aliphatic heterocycles. The van der Waals surface area contributed by atoms with E-state index in [0.29, 0.717) is 23.3 Å². The molecular formula is C27H26F3N3O4S. The van der Waals surface area contributed by atoms with Crippen molar-refractivity contribution < 1.29 is 31.5 Å². The minimum atomic E-state index is -5.57. The molecule has 2 aromatic heterocycles. The predicted octanol–water partition coefficient (Wildman–Crippen LogP) is 6.36. The zero-order chi connectivity index (χ0) is 27.7. The van der Waals surface area contributed by atoms with E-state index in [1.165, 1.54) is 18.2 Å². The second kappa shape index (κ2) is 10.5. The van der Waals surface area contributed by atoms with E-state index in [9.17, 15) is 31.5 Å². The topological polar surface area (TPSA) is 101 Å². The summed E-state index contributed by atoms with van der Waals surface area (Å²) in [4.78, 5) is 16.0. The van der Waals surface area contributed by atoms with Crippen LogP contribution in [-0.2, 0) is 23.0 Å². The number of pyridine rings is 1. The standard InChI is InChI=1S/C27H26F3N3O4S/c1-3-4-7-20-15-22-17(2)14-24(26(34)35)31-25(22)33(20)16-18-10-12-19(13-11-18)21-8-5-6-9-23(21)32-38(36,37)27(28,29)30/h5-6,8-15,32H,3-4,7,16H2,1-2H3,(H,34,35). The summed E-state index contributed by atoms with van der Waals surface area (Å²) < 4.78 is 65.7. The lowest BCUT2D eigenvalue weighted by molar-refractivity contribution is -0.0429. The number of anilines is 1. The minimum absolute atomic E-state index is 0.0374. The fraction of sp³-hybridized carbons (Fsp3) is 0.259. The molecule has 0 radical (unpaired) electrons. The van der Waals surface area contributed by atoms with Crippen LogP contribution in [0.25, 0.3) is 22.2 Å². The maximum Gasteiger partial charge on any atom is 0.516 e. The Morgan fingerprint density at radius 3 is 2.39 bits per heavy atom. The number of rotatable bonds is 9. The molecule has 38 heavy (non-hydrogen) atoms. The highest BCUT2D eigenvalue weighted by Crippen LogP contribution is 2.33. The van der Waals surface area contributed by atoms with Gasteiger partial charge in [-0.2, -0.15) is 21.6 Å². The van der Waals surface area contributed by atoms with Gasteiger partial charge in [0.25, 0.3) is 0 Å². The number of aromatic nitrogens is 2. The molecule has 0 saturated heterocycles. The number of carbonyl (C=O) groups is 1. The second-order valence-corrected chi connectivity index (χ2v) is 10.7. The van der Waals surface area contributed by atoms with Gasteiger partial charge in [0.15, 0.2) is 5.69 Å². The average molecular weight is 546 g/mol. The highest BCUT2D eigenvalue weighted by Gasteiger charge is 2.46. The Morgan fingerprint density at radius 2 is 1.76 bits per heavy atom. The van der Waals surface area contributed by atoms with Crippen molar-refractivity contribution in [2.24, 2.45) is 0 Å². The van der Waals surface area contributed by atoms with Crippen LogP contribution >= 0.6 is 0 Å². The Hall–Kier alpha value is -3.86. The number of carboxylic acids is 1. The highest BCUT2D eigenvalue weighted by molar-refractivity contribution is 7.93. The van der Waals surface area contributed by atoms with Crippen LogP contribution in [-0.4, -0.2) is 34.6 Å². The number of aryl methyl sites for hydroxylation is 2. The lowest BCUT2D eigenvalue weighted by atomic mass is 10.0. The number of benzene rings is 2. The number of unbranched alkanes of at least 4 members (excludes halogenated alkanes) is 1. The second-order valence-electron chi connectivity index (χ2n) is 8.99. The molecule has 2 heterocycles.